The average Bonchev–Trinajstić information content (AvgIpc) is 3.00. The zero-order valence-electron chi connectivity index (χ0n) is 11.5. The van der Waals surface area contributed by atoms with E-state index < -0.39 is 0 Å². The summed E-state index contributed by atoms with van der Waals surface area (Å²) in [6.07, 6.45) is 1.06. The Morgan fingerprint density at radius 1 is 1.21 bits per heavy atom. The first-order valence-corrected chi connectivity index (χ1v) is 6.71. The lowest BCUT2D eigenvalue weighted by atomic mass is 10.1. The van der Waals surface area contributed by atoms with Gasteiger partial charge in [-0.2, -0.15) is 0 Å². The van der Waals surface area contributed by atoms with Gasteiger partial charge in [0.15, 0.2) is 11.5 Å². The number of rotatable bonds is 3. The standard InChI is InChI=1S/C15H18N4/c1-4-10(2)14-16-17-15-11(3)13(18-19(14)15)12-8-6-5-7-9-12/h5-10,18H,4H2,1-3H3. The topological polar surface area (TPSA) is 46.0 Å². The largest absolute Gasteiger partial charge is 0.290 e. The van der Waals surface area contributed by atoms with E-state index >= 15 is 0 Å². The molecule has 1 aromatic carbocycles. The molecular weight excluding hydrogens is 236 g/mol. The van der Waals surface area contributed by atoms with Crippen molar-refractivity contribution in [2.45, 2.75) is 33.1 Å². The van der Waals surface area contributed by atoms with Crippen molar-refractivity contribution in [2.24, 2.45) is 0 Å². The maximum atomic E-state index is 4.32. The lowest BCUT2D eigenvalue weighted by molar-refractivity contribution is 0.651. The summed E-state index contributed by atoms with van der Waals surface area (Å²) in [5.74, 6) is 1.40. The van der Waals surface area contributed by atoms with Crippen LogP contribution in [0.2, 0.25) is 0 Å². The van der Waals surface area contributed by atoms with Crippen molar-refractivity contribution in [1.29, 1.82) is 0 Å². The third kappa shape index (κ3) is 1.84. The molecule has 3 rings (SSSR count). The number of aryl methyl sites for hydroxylation is 1. The van der Waals surface area contributed by atoms with Gasteiger partial charge in [-0.05, 0) is 18.9 Å². The molecule has 0 fully saturated rings. The molecule has 0 saturated heterocycles. The van der Waals surface area contributed by atoms with E-state index in [4.69, 9.17) is 0 Å². The minimum atomic E-state index is 0.400. The van der Waals surface area contributed by atoms with Gasteiger partial charge in [-0.25, -0.2) is 4.52 Å². The van der Waals surface area contributed by atoms with E-state index in [1.54, 1.807) is 0 Å². The Hall–Kier alpha value is -2.10. The summed E-state index contributed by atoms with van der Waals surface area (Å²) in [5, 5.41) is 12.1. The number of hydrogen-bond acceptors (Lipinski definition) is 2. The van der Waals surface area contributed by atoms with Crippen LogP contribution in [0.5, 0.6) is 0 Å². The molecule has 0 saturated carbocycles. The molecule has 98 valence electrons. The van der Waals surface area contributed by atoms with E-state index in [1.165, 1.54) is 5.56 Å². The highest BCUT2D eigenvalue weighted by molar-refractivity contribution is 5.70. The third-order valence-electron chi connectivity index (χ3n) is 3.74. The number of aromatic amines is 1. The Kier molecular flexibility index (Phi) is 2.85. The summed E-state index contributed by atoms with van der Waals surface area (Å²) >= 11 is 0. The molecule has 3 aromatic rings. The van der Waals surface area contributed by atoms with Crippen LogP contribution in [0.1, 0.15) is 37.6 Å². The van der Waals surface area contributed by atoms with Crippen molar-refractivity contribution >= 4 is 5.65 Å². The minimum Gasteiger partial charge on any atom is -0.290 e. The molecule has 0 bridgehead atoms. The van der Waals surface area contributed by atoms with Gasteiger partial charge in [0, 0.05) is 11.5 Å². The zero-order valence-corrected chi connectivity index (χ0v) is 11.5. The summed E-state index contributed by atoms with van der Waals surface area (Å²) in [6, 6.07) is 10.3. The first-order chi connectivity index (χ1) is 9.22. The number of hydrogen-bond donors (Lipinski definition) is 1. The van der Waals surface area contributed by atoms with Gasteiger partial charge in [0.25, 0.3) is 0 Å². The van der Waals surface area contributed by atoms with Gasteiger partial charge >= 0.3 is 0 Å². The van der Waals surface area contributed by atoms with Gasteiger partial charge in [0.2, 0.25) is 0 Å². The van der Waals surface area contributed by atoms with Gasteiger partial charge in [-0.1, -0.05) is 44.2 Å². The highest BCUT2D eigenvalue weighted by atomic mass is 15.4. The van der Waals surface area contributed by atoms with E-state index in [0.717, 1.165) is 29.1 Å². The maximum absolute atomic E-state index is 4.32. The van der Waals surface area contributed by atoms with Crippen molar-refractivity contribution in [2.75, 3.05) is 0 Å². The van der Waals surface area contributed by atoms with Gasteiger partial charge in [-0.15, -0.1) is 10.2 Å². The fourth-order valence-corrected chi connectivity index (χ4v) is 2.34. The van der Waals surface area contributed by atoms with Crippen molar-refractivity contribution in [1.82, 2.24) is 19.8 Å². The summed E-state index contributed by atoms with van der Waals surface area (Å²) in [6.45, 7) is 6.43. The normalized spacial score (nSPS) is 13.0. The first kappa shape index (κ1) is 12.0. The van der Waals surface area contributed by atoms with Crippen LogP contribution in [-0.4, -0.2) is 19.8 Å². The number of H-pyrrole nitrogens is 1. The molecule has 2 heterocycles. The van der Waals surface area contributed by atoms with Crippen molar-refractivity contribution in [3.05, 3.63) is 41.7 Å². The minimum absolute atomic E-state index is 0.400. The second kappa shape index (κ2) is 4.53. The Morgan fingerprint density at radius 3 is 2.63 bits per heavy atom. The van der Waals surface area contributed by atoms with E-state index in [1.807, 2.05) is 22.7 Å². The Bertz CT molecular complexity index is 694. The number of aromatic nitrogens is 4. The molecule has 1 atom stereocenters. The van der Waals surface area contributed by atoms with Crippen molar-refractivity contribution < 1.29 is 0 Å². The Labute approximate surface area is 112 Å². The van der Waals surface area contributed by atoms with Crippen molar-refractivity contribution in [3.8, 4) is 11.3 Å². The lowest BCUT2D eigenvalue weighted by Gasteiger charge is -2.04. The predicted octanol–water partition coefficient (Wildman–Crippen LogP) is 3.55. The SMILES string of the molecule is CCC(C)c1nnc2c(C)c(-c3ccccc3)[nH]n12. The quantitative estimate of drug-likeness (QED) is 0.777. The highest BCUT2D eigenvalue weighted by Gasteiger charge is 2.17. The molecule has 1 N–H and O–H groups in total. The van der Waals surface area contributed by atoms with E-state index in [2.05, 4.69) is 48.2 Å². The molecular formula is C15H18N4. The van der Waals surface area contributed by atoms with Gasteiger partial charge in [0.05, 0.1) is 5.69 Å². The van der Waals surface area contributed by atoms with Crippen LogP contribution in [0.25, 0.3) is 16.9 Å². The second-order valence-electron chi connectivity index (χ2n) is 5.00. The lowest BCUT2D eigenvalue weighted by Crippen LogP contribution is -2.00. The molecule has 4 nitrogen and oxygen atoms in total. The zero-order chi connectivity index (χ0) is 13.4. The molecule has 19 heavy (non-hydrogen) atoms. The third-order valence-corrected chi connectivity index (χ3v) is 3.74. The first-order valence-electron chi connectivity index (χ1n) is 6.71. The summed E-state index contributed by atoms with van der Waals surface area (Å²) in [7, 11) is 0. The fraction of sp³-hybridized carbons (Fsp3) is 0.333. The van der Waals surface area contributed by atoms with Crippen molar-refractivity contribution in [3.63, 3.8) is 0 Å². The fourth-order valence-electron chi connectivity index (χ4n) is 2.34. The number of fused-ring (bicyclic) bond motifs is 1. The van der Waals surface area contributed by atoms with Crippen LogP contribution in [0.15, 0.2) is 30.3 Å². The number of benzene rings is 1. The number of nitrogens with zero attached hydrogens (tertiary/aromatic N) is 3. The van der Waals surface area contributed by atoms with Crippen LogP contribution >= 0.6 is 0 Å². The maximum Gasteiger partial charge on any atom is 0.180 e. The molecule has 0 amide bonds. The van der Waals surface area contributed by atoms with Crippen LogP contribution < -0.4 is 0 Å². The molecule has 0 aliphatic carbocycles. The summed E-state index contributed by atoms with van der Waals surface area (Å²) < 4.78 is 2.02. The average molecular weight is 254 g/mol. The van der Waals surface area contributed by atoms with Gasteiger partial charge in [0.1, 0.15) is 0 Å². The second-order valence-corrected chi connectivity index (χ2v) is 5.00. The van der Waals surface area contributed by atoms with Crippen LogP contribution in [-0.2, 0) is 0 Å². The van der Waals surface area contributed by atoms with Crippen LogP contribution in [0.3, 0.4) is 0 Å². The van der Waals surface area contributed by atoms with Gasteiger partial charge in [-0.3, -0.25) is 5.10 Å². The van der Waals surface area contributed by atoms with E-state index in [9.17, 15) is 0 Å². The molecule has 1 unspecified atom stereocenters. The Balaban J connectivity index is 2.18. The molecule has 0 aliphatic rings. The molecule has 0 aliphatic heterocycles. The predicted molar refractivity (Wildman–Crippen MR) is 76.2 cm³/mol. The Morgan fingerprint density at radius 2 is 1.95 bits per heavy atom. The van der Waals surface area contributed by atoms with E-state index in [-0.39, 0.29) is 0 Å². The number of nitrogens with one attached hydrogen (secondary N) is 1. The molecule has 0 radical (unpaired) electrons. The highest BCUT2D eigenvalue weighted by Crippen LogP contribution is 2.26. The van der Waals surface area contributed by atoms with Gasteiger partial charge < -0.3 is 0 Å². The summed E-state index contributed by atoms with van der Waals surface area (Å²) in [5.41, 5.74) is 4.37. The van der Waals surface area contributed by atoms with Crippen LogP contribution in [0.4, 0.5) is 0 Å². The smallest absolute Gasteiger partial charge is 0.180 e. The molecule has 2 aromatic heterocycles. The van der Waals surface area contributed by atoms with E-state index in [0.29, 0.717) is 5.92 Å². The molecule has 0 spiro atoms. The molecule has 4 heteroatoms. The summed E-state index contributed by atoms with van der Waals surface area (Å²) in [4.78, 5) is 0. The monoisotopic (exact) mass is 254 g/mol. The van der Waals surface area contributed by atoms with Crippen LogP contribution in [0, 0.1) is 6.92 Å².